The fourth-order valence-corrected chi connectivity index (χ4v) is 2.45. The summed E-state index contributed by atoms with van der Waals surface area (Å²) in [7, 11) is 0. The van der Waals surface area contributed by atoms with Crippen molar-refractivity contribution in [2.24, 2.45) is 5.92 Å². The molecule has 24 heavy (non-hydrogen) atoms. The van der Waals surface area contributed by atoms with Gasteiger partial charge in [-0.15, -0.1) is 0 Å². The van der Waals surface area contributed by atoms with Crippen molar-refractivity contribution < 1.29 is 24.2 Å². The van der Waals surface area contributed by atoms with E-state index in [1.165, 1.54) is 11.8 Å². The highest BCUT2D eigenvalue weighted by Crippen LogP contribution is 2.17. The van der Waals surface area contributed by atoms with Gasteiger partial charge in [-0.25, -0.2) is 4.79 Å². The van der Waals surface area contributed by atoms with E-state index in [1.807, 2.05) is 0 Å². The summed E-state index contributed by atoms with van der Waals surface area (Å²) in [6, 6.07) is 6.68. The average molecular weight is 335 g/mol. The van der Waals surface area contributed by atoms with Crippen LogP contribution in [-0.4, -0.2) is 54.2 Å². The first-order valence-electron chi connectivity index (χ1n) is 7.71. The zero-order valence-corrected chi connectivity index (χ0v) is 13.4. The van der Waals surface area contributed by atoms with E-state index in [4.69, 9.17) is 9.84 Å². The van der Waals surface area contributed by atoms with E-state index in [-0.39, 0.29) is 25.1 Å². The summed E-state index contributed by atoms with van der Waals surface area (Å²) in [6.45, 7) is 2.68. The predicted octanol–water partition coefficient (Wildman–Crippen LogP) is 1.14. The molecule has 0 saturated carbocycles. The van der Waals surface area contributed by atoms with Crippen molar-refractivity contribution in [1.82, 2.24) is 10.2 Å². The van der Waals surface area contributed by atoms with E-state index >= 15 is 0 Å². The second-order valence-corrected chi connectivity index (χ2v) is 5.56. The van der Waals surface area contributed by atoms with Crippen molar-refractivity contribution in [3.8, 4) is 5.75 Å². The molecule has 1 aromatic rings. The Balaban J connectivity index is 1.70. The third kappa shape index (κ3) is 5.15. The number of hydrogen-bond donors (Lipinski definition) is 3. The number of amides is 3. The second-order valence-electron chi connectivity index (χ2n) is 5.56. The second kappa shape index (κ2) is 8.19. The summed E-state index contributed by atoms with van der Waals surface area (Å²) in [6.07, 6.45) is 0.481. The number of hydrogen-bond acceptors (Lipinski definition) is 4. The molecule has 130 valence electrons. The predicted molar refractivity (Wildman–Crippen MR) is 87.0 cm³/mol. The van der Waals surface area contributed by atoms with Crippen LogP contribution in [0.2, 0.25) is 0 Å². The van der Waals surface area contributed by atoms with E-state index < -0.39 is 11.9 Å². The van der Waals surface area contributed by atoms with Crippen molar-refractivity contribution >= 4 is 23.6 Å². The number of nitrogens with zero attached hydrogens (tertiary/aromatic N) is 1. The van der Waals surface area contributed by atoms with Gasteiger partial charge in [0.05, 0.1) is 12.5 Å². The van der Waals surface area contributed by atoms with Crippen molar-refractivity contribution in [2.45, 2.75) is 13.3 Å². The van der Waals surface area contributed by atoms with Crippen LogP contribution in [0.3, 0.4) is 0 Å². The number of urea groups is 1. The Labute approximate surface area is 139 Å². The maximum atomic E-state index is 11.9. The molecule has 0 bridgehead atoms. The zero-order chi connectivity index (χ0) is 17.5. The largest absolute Gasteiger partial charge is 0.492 e. The Morgan fingerprint density at radius 3 is 2.83 bits per heavy atom. The molecular formula is C16H21N3O5. The molecule has 1 unspecified atom stereocenters. The summed E-state index contributed by atoms with van der Waals surface area (Å²) in [5.74, 6) is -0.927. The van der Waals surface area contributed by atoms with Gasteiger partial charge in [-0.1, -0.05) is 6.07 Å². The minimum atomic E-state index is -0.868. The smallest absolute Gasteiger partial charge is 0.317 e. The molecule has 0 radical (unpaired) electrons. The number of likely N-dealkylation sites (tertiary alicyclic amines) is 1. The number of rotatable bonds is 6. The first-order chi connectivity index (χ1) is 11.5. The van der Waals surface area contributed by atoms with Crippen LogP contribution in [0.15, 0.2) is 24.3 Å². The van der Waals surface area contributed by atoms with Gasteiger partial charge in [0, 0.05) is 31.8 Å². The lowest BCUT2D eigenvalue weighted by molar-refractivity contribution is -0.141. The van der Waals surface area contributed by atoms with Gasteiger partial charge in [0.2, 0.25) is 5.91 Å². The fourth-order valence-electron chi connectivity index (χ4n) is 2.45. The molecule has 1 atom stereocenters. The summed E-state index contributed by atoms with van der Waals surface area (Å²) in [5.41, 5.74) is 0.640. The molecule has 0 spiro atoms. The first-order valence-corrected chi connectivity index (χ1v) is 7.71. The van der Waals surface area contributed by atoms with E-state index in [2.05, 4.69) is 10.6 Å². The molecule has 3 N–H and O–H groups in total. The third-order valence-corrected chi connectivity index (χ3v) is 3.63. The van der Waals surface area contributed by atoms with E-state index in [1.54, 1.807) is 24.3 Å². The van der Waals surface area contributed by atoms with Gasteiger partial charge >= 0.3 is 12.0 Å². The third-order valence-electron chi connectivity index (χ3n) is 3.63. The molecule has 1 aliphatic rings. The molecule has 0 aromatic heterocycles. The van der Waals surface area contributed by atoms with Gasteiger partial charge < -0.3 is 25.4 Å². The fraction of sp³-hybridized carbons (Fsp3) is 0.438. The van der Waals surface area contributed by atoms with Gasteiger partial charge in [-0.05, 0) is 18.6 Å². The number of carboxylic acid groups (broad SMARTS) is 1. The summed E-state index contributed by atoms with van der Waals surface area (Å²) >= 11 is 0. The topological polar surface area (TPSA) is 108 Å². The Morgan fingerprint density at radius 1 is 1.38 bits per heavy atom. The number of nitrogens with one attached hydrogen (secondary N) is 2. The Morgan fingerprint density at radius 2 is 2.17 bits per heavy atom. The normalized spacial score (nSPS) is 16.5. The number of carboxylic acids is 1. The number of benzene rings is 1. The maximum absolute atomic E-state index is 11.9. The molecule has 1 fully saturated rings. The van der Waals surface area contributed by atoms with Crippen LogP contribution in [0.25, 0.3) is 0 Å². The minimum Gasteiger partial charge on any atom is -0.492 e. The van der Waals surface area contributed by atoms with E-state index in [0.29, 0.717) is 30.9 Å². The van der Waals surface area contributed by atoms with Crippen molar-refractivity contribution in [1.29, 1.82) is 0 Å². The SMILES string of the molecule is CC(=O)Nc1cccc(OCCNC(=O)N2CCC(C(=O)O)C2)c1. The zero-order valence-electron chi connectivity index (χ0n) is 13.4. The highest BCUT2D eigenvalue weighted by atomic mass is 16.5. The summed E-state index contributed by atoms with van der Waals surface area (Å²) in [4.78, 5) is 35.3. The van der Waals surface area contributed by atoms with Crippen LogP contribution in [-0.2, 0) is 9.59 Å². The lowest BCUT2D eigenvalue weighted by Crippen LogP contribution is -2.40. The van der Waals surface area contributed by atoms with E-state index in [9.17, 15) is 14.4 Å². The van der Waals surface area contributed by atoms with Crippen LogP contribution in [0.5, 0.6) is 5.75 Å². The average Bonchev–Trinajstić information content (AvgIpc) is 3.01. The molecule has 8 heteroatoms. The molecule has 0 aliphatic carbocycles. The molecular weight excluding hydrogens is 314 g/mol. The Bertz CT molecular complexity index is 619. The molecule has 1 saturated heterocycles. The van der Waals surface area contributed by atoms with Crippen LogP contribution in [0.4, 0.5) is 10.5 Å². The number of aliphatic carboxylic acids is 1. The van der Waals surface area contributed by atoms with Crippen LogP contribution in [0.1, 0.15) is 13.3 Å². The van der Waals surface area contributed by atoms with Crippen LogP contribution < -0.4 is 15.4 Å². The Kier molecular flexibility index (Phi) is 6.00. The molecule has 3 amide bonds. The lowest BCUT2D eigenvalue weighted by Gasteiger charge is -2.17. The summed E-state index contributed by atoms with van der Waals surface area (Å²) in [5, 5.41) is 14.3. The van der Waals surface area contributed by atoms with Crippen LogP contribution >= 0.6 is 0 Å². The molecule has 2 rings (SSSR count). The highest BCUT2D eigenvalue weighted by Gasteiger charge is 2.30. The number of ether oxygens (including phenoxy) is 1. The number of anilines is 1. The van der Waals surface area contributed by atoms with Gasteiger partial charge in [0.1, 0.15) is 12.4 Å². The molecule has 1 aliphatic heterocycles. The first kappa shape index (κ1) is 17.6. The van der Waals surface area contributed by atoms with Gasteiger partial charge in [-0.2, -0.15) is 0 Å². The Hall–Kier alpha value is -2.77. The standard InChI is InChI=1S/C16H21N3O5/c1-11(20)18-13-3-2-4-14(9-13)24-8-6-17-16(23)19-7-5-12(10-19)15(21)22/h2-4,9,12H,5-8,10H2,1H3,(H,17,23)(H,18,20)(H,21,22). The van der Waals surface area contributed by atoms with Gasteiger partial charge in [0.15, 0.2) is 0 Å². The molecule has 1 heterocycles. The molecule has 1 aromatic carbocycles. The summed E-state index contributed by atoms with van der Waals surface area (Å²) < 4.78 is 5.52. The van der Waals surface area contributed by atoms with E-state index in [0.717, 1.165) is 0 Å². The van der Waals surface area contributed by atoms with Crippen molar-refractivity contribution in [3.05, 3.63) is 24.3 Å². The van der Waals surface area contributed by atoms with Crippen molar-refractivity contribution in [3.63, 3.8) is 0 Å². The quantitative estimate of drug-likeness (QED) is 0.676. The maximum Gasteiger partial charge on any atom is 0.317 e. The van der Waals surface area contributed by atoms with Gasteiger partial charge in [-0.3, -0.25) is 9.59 Å². The number of carbonyl (C=O) groups excluding carboxylic acids is 2. The highest BCUT2D eigenvalue weighted by molar-refractivity contribution is 5.88. The van der Waals surface area contributed by atoms with Gasteiger partial charge in [0.25, 0.3) is 0 Å². The monoisotopic (exact) mass is 335 g/mol. The van der Waals surface area contributed by atoms with Crippen LogP contribution in [0, 0.1) is 5.92 Å². The van der Waals surface area contributed by atoms with Crippen molar-refractivity contribution in [2.75, 3.05) is 31.6 Å². The molecule has 8 nitrogen and oxygen atoms in total. The minimum absolute atomic E-state index is 0.162. The number of carbonyl (C=O) groups is 3. The lowest BCUT2D eigenvalue weighted by atomic mass is 10.1.